The van der Waals surface area contributed by atoms with Crippen LogP contribution < -0.4 is 4.90 Å². The van der Waals surface area contributed by atoms with Gasteiger partial charge in [0.2, 0.25) is 0 Å². The van der Waals surface area contributed by atoms with Crippen LogP contribution in [-0.2, 0) is 19.5 Å². The second-order valence-electron chi connectivity index (χ2n) is 6.96. The van der Waals surface area contributed by atoms with E-state index in [0.717, 1.165) is 32.0 Å². The number of fused-ring (bicyclic) bond motifs is 1. The van der Waals surface area contributed by atoms with Crippen LogP contribution in [0, 0.1) is 0 Å². The lowest BCUT2D eigenvalue weighted by molar-refractivity contribution is 0.196. The first-order valence-electron chi connectivity index (χ1n) is 9.06. The monoisotopic (exact) mass is 326 g/mol. The molecule has 0 unspecified atom stereocenters. The van der Waals surface area contributed by atoms with Crippen LogP contribution in [0.5, 0.6) is 0 Å². The van der Waals surface area contributed by atoms with E-state index in [1.807, 2.05) is 12.3 Å². The Bertz CT molecular complexity index is 659. The molecule has 128 valence electrons. The molecule has 1 fully saturated rings. The summed E-state index contributed by atoms with van der Waals surface area (Å²) in [5.41, 5.74) is 1.43. The Balaban J connectivity index is 1.34. The molecule has 0 saturated carbocycles. The van der Waals surface area contributed by atoms with Crippen LogP contribution in [-0.4, -0.2) is 50.6 Å². The summed E-state index contributed by atoms with van der Waals surface area (Å²) in [4.78, 5) is 17.9. The molecule has 6 nitrogen and oxygen atoms in total. The molecular formula is C18H26N6. The molecule has 2 aliphatic heterocycles. The van der Waals surface area contributed by atoms with Gasteiger partial charge in [0.1, 0.15) is 18.0 Å². The van der Waals surface area contributed by atoms with Gasteiger partial charge in [-0.2, -0.15) is 0 Å². The predicted octanol–water partition coefficient (Wildman–Crippen LogP) is 2.11. The first-order valence-corrected chi connectivity index (χ1v) is 9.06. The maximum Gasteiger partial charge on any atom is 0.131 e. The molecule has 0 bridgehead atoms. The Hall–Kier alpha value is -1.95. The zero-order valence-electron chi connectivity index (χ0n) is 14.4. The van der Waals surface area contributed by atoms with E-state index in [-0.39, 0.29) is 0 Å². The quantitative estimate of drug-likeness (QED) is 0.861. The fourth-order valence-corrected chi connectivity index (χ4v) is 3.97. The molecule has 2 aromatic heterocycles. The van der Waals surface area contributed by atoms with Crippen molar-refractivity contribution in [2.45, 2.75) is 51.2 Å². The van der Waals surface area contributed by atoms with Gasteiger partial charge in [0.15, 0.2) is 0 Å². The van der Waals surface area contributed by atoms with Crippen LogP contribution in [0.2, 0.25) is 0 Å². The van der Waals surface area contributed by atoms with Gasteiger partial charge >= 0.3 is 0 Å². The summed E-state index contributed by atoms with van der Waals surface area (Å²) in [5.74, 6) is 2.28. The summed E-state index contributed by atoms with van der Waals surface area (Å²) in [6.07, 6.45) is 11.7. The van der Waals surface area contributed by atoms with Gasteiger partial charge in [-0.3, -0.25) is 4.90 Å². The van der Waals surface area contributed by atoms with Crippen LogP contribution in [0.4, 0.5) is 5.82 Å². The maximum absolute atomic E-state index is 4.69. The predicted molar refractivity (Wildman–Crippen MR) is 93.9 cm³/mol. The largest absolute Gasteiger partial charge is 0.356 e. The van der Waals surface area contributed by atoms with Crippen molar-refractivity contribution in [1.29, 1.82) is 0 Å². The summed E-state index contributed by atoms with van der Waals surface area (Å²) >= 11 is 0. The molecule has 0 radical (unpaired) electrons. The summed E-state index contributed by atoms with van der Waals surface area (Å²) in [7, 11) is 2.15. The zero-order chi connectivity index (χ0) is 16.4. The average molecular weight is 326 g/mol. The van der Waals surface area contributed by atoms with E-state index in [1.54, 1.807) is 6.33 Å². The first kappa shape index (κ1) is 15.6. The second-order valence-corrected chi connectivity index (χ2v) is 6.96. The standard InChI is InChI=1S/C18H26N6/c1-22(17-5-8-19-14-21-17)15-6-10-23(11-7-15)13-18-20-12-16-4-2-3-9-24(16)18/h5,8,12,14-15H,2-4,6-7,9-11,13H2,1H3. The lowest BCUT2D eigenvalue weighted by atomic mass is 10.0. The number of piperidine rings is 1. The summed E-state index contributed by atoms with van der Waals surface area (Å²) in [6.45, 7) is 4.39. The van der Waals surface area contributed by atoms with Crippen molar-refractivity contribution in [3.8, 4) is 0 Å². The Labute approximate surface area is 143 Å². The van der Waals surface area contributed by atoms with Crippen molar-refractivity contribution < 1.29 is 0 Å². The maximum atomic E-state index is 4.69. The van der Waals surface area contributed by atoms with Gasteiger partial charge in [0, 0.05) is 50.8 Å². The molecule has 2 aromatic rings. The number of nitrogens with zero attached hydrogens (tertiary/aromatic N) is 6. The van der Waals surface area contributed by atoms with Gasteiger partial charge in [-0.15, -0.1) is 0 Å². The number of aromatic nitrogens is 4. The molecule has 0 amide bonds. The number of anilines is 1. The van der Waals surface area contributed by atoms with Gasteiger partial charge in [-0.1, -0.05) is 0 Å². The second kappa shape index (κ2) is 6.89. The van der Waals surface area contributed by atoms with E-state index in [0.29, 0.717) is 6.04 Å². The van der Waals surface area contributed by atoms with Gasteiger partial charge in [0.25, 0.3) is 0 Å². The van der Waals surface area contributed by atoms with Crippen molar-refractivity contribution in [3.05, 3.63) is 36.3 Å². The minimum atomic E-state index is 0.560. The molecule has 0 N–H and O–H groups in total. The smallest absolute Gasteiger partial charge is 0.131 e. The van der Waals surface area contributed by atoms with Crippen LogP contribution in [0.1, 0.15) is 37.2 Å². The van der Waals surface area contributed by atoms with Gasteiger partial charge < -0.3 is 9.47 Å². The Morgan fingerprint density at radius 1 is 1.17 bits per heavy atom. The van der Waals surface area contributed by atoms with Crippen molar-refractivity contribution in [3.63, 3.8) is 0 Å². The van der Waals surface area contributed by atoms with Crippen molar-refractivity contribution in [1.82, 2.24) is 24.4 Å². The van der Waals surface area contributed by atoms with Crippen molar-refractivity contribution in [2.75, 3.05) is 25.0 Å². The van der Waals surface area contributed by atoms with E-state index in [4.69, 9.17) is 0 Å². The van der Waals surface area contributed by atoms with Crippen LogP contribution in [0.3, 0.4) is 0 Å². The lowest BCUT2D eigenvalue weighted by Gasteiger charge is -2.37. The molecular weight excluding hydrogens is 300 g/mol. The fraction of sp³-hybridized carbons (Fsp3) is 0.611. The summed E-state index contributed by atoms with van der Waals surface area (Å²) in [5, 5.41) is 0. The molecule has 2 aliphatic rings. The van der Waals surface area contributed by atoms with E-state index in [9.17, 15) is 0 Å². The molecule has 4 rings (SSSR count). The van der Waals surface area contributed by atoms with Crippen molar-refractivity contribution >= 4 is 5.82 Å². The van der Waals surface area contributed by atoms with Crippen LogP contribution in [0.15, 0.2) is 24.8 Å². The van der Waals surface area contributed by atoms with Gasteiger partial charge in [-0.05, 0) is 38.2 Å². The molecule has 0 aromatic carbocycles. The Morgan fingerprint density at radius 3 is 2.83 bits per heavy atom. The lowest BCUT2D eigenvalue weighted by Crippen LogP contribution is -2.43. The van der Waals surface area contributed by atoms with Crippen molar-refractivity contribution in [2.24, 2.45) is 0 Å². The number of imidazole rings is 1. The first-order chi connectivity index (χ1) is 11.8. The number of hydrogen-bond acceptors (Lipinski definition) is 5. The zero-order valence-corrected chi connectivity index (χ0v) is 14.4. The highest BCUT2D eigenvalue weighted by Gasteiger charge is 2.24. The Kier molecular flexibility index (Phi) is 4.47. The molecule has 1 saturated heterocycles. The minimum Gasteiger partial charge on any atom is -0.356 e. The highest BCUT2D eigenvalue weighted by Crippen LogP contribution is 2.22. The SMILES string of the molecule is CN(c1ccncn1)C1CCN(Cc2ncc3n2CCCC3)CC1. The third-order valence-electron chi connectivity index (χ3n) is 5.48. The normalized spacial score (nSPS) is 19.2. The van der Waals surface area contributed by atoms with Gasteiger partial charge in [0.05, 0.1) is 6.54 Å². The van der Waals surface area contributed by atoms with E-state index < -0.39 is 0 Å². The minimum absolute atomic E-state index is 0.560. The Morgan fingerprint density at radius 2 is 2.04 bits per heavy atom. The fourth-order valence-electron chi connectivity index (χ4n) is 3.97. The van der Waals surface area contributed by atoms with Crippen LogP contribution in [0.25, 0.3) is 0 Å². The highest BCUT2D eigenvalue weighted by molar-refractivity contribution is 5.36. The molecule has 0 atom stereocenters. The third-order valence-corrected chi connectivity index (χ3v) is 5.48. The number of hydrogen-bond donors (Lipinski definition) is 0. The van der Waals surface area contributed by atoms with E-state index in [1.165, 1.54) is 43.6 Å². The van der Waals surface area contributed by atoms with E-state index >= 15 is 0 Å². The van der Waals surface area contributed by atoms with E-state index in [2.05, 4.69) is 42.6 Å². The molecule has 4 heterocycles. The number of rotatable bonds is 4. The molecule has 6 heteroatoms. The highest BCUT2D eigenvalue weighted by atomic mass is 15.2. The topological polar surface area (TPSA) is 50.1 Å². The number of aryl methyl sites for hydroxylation is 1. The summed E-state index contributed by atoms with van der Waals surface area (Å²) < 4.78 is 2.45. The third kappa shape index (κ3) is 3.15. The van der Waals surface area contributed by atoms with Gasteiger partial charge in [-0.25, -0.2) is 15.0 Å². The molecule has 0 aliphatic carbocycles. The molecule has 0 spiro atoms. The summed E-state index contributed by atoms with van der Waals surface area (Å²) in [6, 6.07) is 2.55. The molecule has 24 heavy (non-hydrogen) atoms. The van der Waals surface area contributed by atoms with Crippen LogP contribution >= 0.6 is 0 Å². The number of likely N-dealkylation sites (tertiary alicyclic amines) is 1. The average Bonchev–Trinajstić information content (AvgIpc) is 3.06.